The van der Waals surface area contributed by atoms with Gasteiger partial charge >= 0.3 is 0 Å². The molecule has 0 heterocycles. The van der Waals surface area contributed by atoms with Crippen LogP contribution in [0.15, 0.2) is 30.3 Å². The SMILES string of the molecule is Cc1cc(C)c(-c2ccc(CN)cc2Cl)c(C)c1. The van der Waals surface area contributed by atoms with Crippen molar-refractivity contribution in [1.29, 1.82) is 0 Å². The summed E-state index contributed by atoms with van der Waals surface area (Å²) in [5, 5.41) is 0.771. The van der Waals surface area contributed by atoms with E-state index < -0.39 is 0 Å². The van der Waals surface area contributed by atoms with E-state index in [2.05, 4.69) is 39.0 Å². The molecule has 0 unspecified atom stereocenters. The Labute approximate surface area is 114 Å². The third kappa shape index (κ3) is 2.43. The molecule has 2 rings (SSSR count). The molecule has 0 spiro atoms. The molecule has 0 radical (unpaired) electrons. The standard InChI is InChI=1S/C16H18ClN/c1-10-6-11(2)16(12(3)7-10)14-5-4-13(9-18)8-15(14)17/h4-8H,9,18H2,1-3H3. The third-order valence-electron chi connectivity index (χ3n) is 3.22. The number of nitrogens with two attached hydrogens (primary N) is 1. The molecule has 1 nitrogen and oxygen atoms in total. The Morgan fingerprint density at radius 2 is 1.61 bits per heavy atom. The molecule has 0 bridgehead atoms. The molecule has 18 heavy (non-hydrogen) atoms. The van der Waals surface area contributed by atoms with E-state index in [0.717, 1.165) is 16.1 Å². The minimum Gasteiger partial charge on any atom is -0.326 e. The predicted octanol–water partition coefficient (Wildman–Crippen LogP) is 4.39. The van der Waals surface area contributed by atoms with Gasteiger partial charge in [-0.15, -0.1) is 0 Å². The van der Waals surface area contributed by atoms with E-state index in [0.29, 0.717) is 6.54 Å². The summed E-state index contributed by atoms with van der Waals surface area (Å²) < 4.78 is 0. The van der Waals surface area contributed by atoms with Crippen LogP contribution in [0.2, 0.25) is 5.02 Å². The largest absolute Gasteiger partial charge is 0.326 e. The number of hydrogen-bond acceptors (Lipinski definition) is 1. The van der Waals surface area contributed by atoms with Crippen LogP contribution in [0, 0.1) is 20.8 Å². The van der Waals surface area contributed by atoms with E-state index in [1.807, 2.05) is 12.1 Å². The molecule has 0 aliphatic rings. The Hall–Kier alpha value is -1.31. The van der Waals surface area contributed by atoms with Gasteiger partial charge in [0, 0.05) is 17.1 Å². The van der Waals surface area contributed by atoms with Gasteiger partial charge in [-0.3, -0.25) is 0 Å². The molecule has 0 aliphatic carbocycles. The van der Waals surface area contributed by atoms with Gasteiger partial charge in [0.2, 0.25) is 0 Å². The van der Waals surface area contributed by atoms with Crippen LogP contribution < -0.4 is 5.73 Å². The van der Waals surface area contributed by atoms with Gasteiger partial charge < -0.3 is 5.73 Å². The first-order chi connectivity index (χ1) is 8.52. The van der Waals surface area contributed by atoms with Gasteiger partial charge in [-0.2, -0.15) is 0 Å². The predicted molar refractivity (Wildman–Crippen MR) is 79.0 cm³/mol. The maximum Gasteiger partial charge on any atom is 0.0487 e. The van der Waals surface area contributed by atoms with Crippen LogP contribution in [0.25, 0.3) is 11.1 Å². The topological polar surface area (TPSA) is 26.0 Å². The molecule has 2 N–H and O–H groups in total. The molecule has 0 aromatic heterocycles. The van der Waals surface area contributed by atoms with Crippen LogP contribution >= 0.6 is 11.6 Å². The zero-order chi connectivity index (χ0) is 13.3. The van der Waals surface area contributed by atoms with Gasteiger partial charge in [0.25, 0.3) is 0 Å². The van der Waals surface area contributed by atoms with Gasteiger partial charge in [-0.05, 0) is 49.1 Å². The van der Waals surface area contributed by atoms with E-state index >= 15 is 0 Å². The molecule has 2 aromatic rings. The van der Waals surface area contributed by atoms with Gasteiger partial charge in [-0.1, -0.05) is 41.4 Å². The van der Waals surface area contributed by atoms with Gasteiger partial charge in [0.15, 0.2) is 0 Å². The fourth-order valence-electron chi connectivity index (χ4n) is 2.49. The van der Waals surface area contributed by atoms with E-state index in [1.54, 1.807) is 0 Å². The zero-order valence-corrected chi connectivity index (χ0v) is 11.8. The van der Waals surface area contributed by atoms with E-state index in [4.69, 9.17) is 17.3 Å². The first-order valence-electron chi connectivity index (χ1n) is 6.09. The molecule has 0 saturated carbocycles. The van der Waals surface area contributed by atoms with Crippen molar-refractivity contribution in [3.8, 4) is 11.1 Å². The molecular weight excluding hydrogens is 242 g/mol. The molecule has 0 aliphatic heterocycles. The molecule has 0 fully saturated rings. The lowest BCUT2D eigenvalue weighted by atomic mass is 9.93. The second-order valence-electron chi connectivity index (χ2n) is 4.79. The van der Waals surface area contributed by atoms with Gasteiger partial charge in [-0.25, -0.2) is 0 Å². The Morgan fingerprint density at radius 3 is 2.11 bits per heavy atom. The summed E-state index contributed by atoms with van der Waals surface area (Å²) in [6.07, 6.45) is 0. The average molecular weight is 260 g/mol. The maximum atomic E-state index is 6.37. The second-order valence-corrected chi connectivity index (χ2v) is 5.20. The zero-order valence-electron chi connectivity index (χ0n) is 11.0. The van der Waals surface area contributed by atoms with E-state index in [9.17, 15) is 0 Å². The maximum absolute atomic E-state index is 6.37. The number of benzene rings is 2. The van der Waals surface area contributed by atoms with Crippen LogP contribution in [0.1, 0.15) is 22.3 Å². The molecule has 2 aromatic carbocycles. The highest BCUT2D eigenvalue weighted by atomic mass is 35.5. The lowest BCUT2D eigenvalue weighted by Crippen LogP contribution is -1.97. The summed E-state index contributed by atoms with van der Waals surface area (Å²) in [5.41, 5.74) is 12.8. The Kier molecular flexibility index (Phi) is 3.74. The van der Waals surface area contributed by atoms with Crippen molar-refractivity contribution in [3.63, 3.8) is 0 Å². The molecule has 94 valence electrons. The summed E-state index contributed by atoms with van der Waals surface area (Å²) in [6, 6.07) is 10.4. The smallest absolute Gasteiger partial charge is 0.0487 e. The summed E-state index contributed by atoms with van der Waals surface area (Å²) in [5.74, 6) is 0. The highest BCUT2D eigenvalue weighted by molar-refractivity contribution is 6.33. The van der Waals surface area contributed by atoms with Crippen molar-refractivity contribution >= 4 is 11.6 Å². The highest BCUT2D eigenvalue weighted by Crippen LogP contribution is 2.34. The summed E-state index contributed by atoms with van der Waals surface area (Å²) >= 11 is 6.37. The number of halogens is 1. The molecule has 0 saturated heterocycles. The fourth-order valence-corrected chi connectivity index (χ4v) is 2.79. The highest BCUT2D eigenvalue weighted by Gasteiger charge is 2.10. The van der Waals surface area contributed by atoms with Crippen LogP contribution in [0.4, 0.5) is 0 Å². The Balaban J connectivity index is 2.62. The fraction of sp³-hybridized carbons (Fsp3) is 0.250. The van der Waals surface area contributed by atoms with Crippen molar-refractivity contribution in [2.75, 3.05) is 0 Å². The first kappa shape index (κ1) is 13.1. The molecule has 2 heteroatoms. The summed E-state index contributed by atoms with van der Waals surface area (Å²) in [6.45, 7) is 6.89. The van der Waals surface area contributed by atoms with Crippen molar-refractivity contribution in [2.45, 2.75) is 27.3 Å². The number of rotatable bonds is 2. The third-order valence-corrected chi connectivity index (χ3v) is 3.53. The number of aryl methyl sites for hydroxylation is 3. The van der Waals surface area contributed by atoms with Crippen LogP contribution in [-0.2, 0) is 6.54 Å². The van der Waals surface area contributed by atoms with Crippen molar-refractivity contribution in [3.05, 3.63) is 57.6 Å². The Morgan fingerprint density at radius 1 is 1.00 bits per heavy atom. The molecular formula is C16H18ClN. The van der Waals surface area contributed by atoms with Crippen molar-refractivity contribution in [2.24, 2.45) is 5.73 Å². The van der Waals surface area contributed by atoms with E-state index in [1.165, 1.54) is 22.3 Å². The first-order valence-corrected chi connectivity index (χ1v) is 6.47. The van der Waals surface area contributed by atoms with E-state index in [-0.39, 0.29) is 0 Å². The van der Waals surface area contributed by atoms with Gasteiger partial charge in [0.1, 0.15) is 0 Å². The van der Waals surface area contributed by atoms with Crippen LogP contribution in [0.5, 0.6) is 0 Å². The van der Waals surface area contributed by atoms with Crippen LogP contribution in [0.3, 0.4) is 0 Å². The monoisotopic (exact) mass is 259 g/mol. The molecule has 0 atom stereocenters. The number of hydrogen-bond donors (Lipinski definition) is 1. The normalized spacial score (nSPS) is 10.7. The molecule has 0 amide bonds. The van der Waals surface area contributed by atoms with Gasteiger partial charge in [0.05, 0.1) is 0 Å². The minimum absolute atomic E-state index is 0.520. The lowest BCUT2D eigenvalue weighted by Gasteiger charge is -2.13. The van der Waals surface area contributed by atoms with Crippen molar-refractivity contribution < 1.29 is 0 Å². The lowest BCUT2D eigenvalue weighted by molar-refractivity contribution is 1.07. The summed E-state index contributed by atoms with van der Waals surface area (Å²) in [7, 11) is 0. The Bertz CT molecular complexity index is 565. The second kappa shape index (κ2) is 5.13. The average Bonchev–Trinajstić information content (AvgIpc) is 2.29. The summed E-state index contributed by atoms with van der Waals surface area (Å²) in [4.78, 5) is 0. The minimum atomic E-state index is 0.520. The van der Waals surface area contributed by atoms with Crippen molar-refractivity contribution in [1.82, 2.24) is 0 Å². The quantitative estimate of drug-likeness (QED) is 0.850. The van der Waals surface area contributed by atoms with Crippen LogP contribution in [-0.4, -0.2) is 0 Å².